The Labute approximate surface area is 66.3 Å². The Morgan fingerprint density at radius 1 is 1.73 bits per heavy atom. The van der Waals surface area contributed by atoms with E-state index < -0.39 is 12.1 Å². The van der Waals surface area contributed by atoms with Crippen LogP contribution in [0.4, 0.5) is 0 Å². The fourth-order valence-corrected chi connectivity index (χ4v) is 0.457. The molecule has 0 saturated carbocycles. The van der Waals surface area contributed by atoms with Gasteiger partial charge in [0.25, 0.3) is 0 Å². The van der Waals surface area contributed by atoms with Crippen LogP contribution in [0.1, 0.15) is 20.3 Å². The summed E-state index contributed by atoms with van der Waals surface area (Å²) in [7, 11) is 0. The van der Waals surface area contributed by atoms with Crippen LogP contribution in [-0.4, -0.2) is 29.8 Å². The molecule has 4 heteroatoms. The minimum atomic E-state index is -0.951. The van der Waals surface area contributed by atoms with Gasteiger partial charge in [0, 0.05) is 6.04 Å². The van der Waals surface area contributed by atoms with Crippen molar-refractivity contribution in [2.24, 2.45) is 5.73 Å². The molecule has 0 aromatic carbocycles. The van der Waals surface area contributed by atoms with Crippen LogP contribution >= 0.6 is 0 Å². The lowest BCUT2D eigenvalue weighted by Crippen LogP contribution is -2.30. The van der Waals surface area contributed by atoms with Crippen molar-refractivity contribution in [1.82, 2.24) is 0 Å². The molecule has 0 aliphatic carbocycles. The third-order valence-corrected chi connectivity index (χ3v) is 1.43. The molecule has 0 bridgehead atoms. The Morgan fingerprint density at radius 2 is 2.27 bits per heavy atom. The number of carboxylic acid groups (broad SMARTS) is 1. The van der Waals surface area contributed by atoms with E-state index in [9.17, 15) is 4.79 Å². The maximum Gasteiger partial charge on any atom is 0.332 e. The second-order valence-electron chi connectivity index (χ2n) is 2.48. The Kier molecular flexibility index (Phi) is 4.81. The molecule has 0 radical (unpaired) electrons. The molecule has 2 atom stereocenters. The van der Waals surface area contributed by atoms with Crippen LogP contribution in [0, 0.1) is 0 Å². The highest BCUT2D eigenvalue weighted by molar-refractivity contribution is 5.71. The van der Waals surface area contributed by atoms with E-state index in [-0.39, 0.29) is 6.04 Å². The molecule has 0 fully saturated rings. The molecule has 0 spiro atoms. The van der Waals surface area contributed by atoms with Gasteiger partial charge < -0.3 is 15.6 Å². The van der Waals surface area contributed by atoms with Crippen molar-refractivity contribution in [2.45, 2.75) is 32.4 Å². The highest BCUT2D eigenvalue weighted by Gasteiger charge is 2.11. The zero-order valence-electron chi connectivity index (χ0n) is 6.91. The molecule has 11 heavy (non-hydrogen) atoms. The Morgan fingerprint density at radius 3 is 2.64 bits per heavy atom. The van der Waals surface area contributed by atoms with E-state index in [1.807, 2.05) is 6.92 Å². The van der Waals surface area contributed by atoms with Gasteiger partial charge >= 0.3 is 5.97 Å². The van der Waals surface area contributed by atoms with Crippen molar-refractivity contribution in [3.05, 3.63) is 0 Å². The predicted molar refractivity (Wildman–Crippen MR) is 41.3 cm³/mol. The van der Waals surface area contributed by atoms with Crippen LogP contribution < -0.4 is 5.73 Å². The SMILES string of the molecule is CCC(N)COC(C)C(=O)O. The lowest BCUT2D eigenvalue weighted by atomic mass is 10.2. The summed E-state index contributed by atoms with van der Waals surface area (Å²) in [6, 6.07) is -0.0585. The monoisotopic (exact) mass is 161 g/mol. The van der Waals surface area contributed by atoms with E-state index in [1.165, 1.54) is 6.92 Å². The normalized spacial score (nSPS) is 15.9. The summed E-state index contributed by atoms with van der Waals surface area (Å²) < 4.78 is 4.93. The van der Waals surface area contributed by atoms with Crippen molar-refractivity contribution in [2.75, 3.05) is 6.61 Å². The summed E-state index contributed by atoms with van der Waals surface area (Å²) >= 11 is 0. The molecule has 4 nitrogen and oxygen atoms in total. The Bertz CT molecular complexity index is 127. The van der Waals surface area contributed by atoms with E-state index in [0.717, 1.165) is 6.42 Å². The lowest BCUT2D eigenvalue weighted by molar-refractivity contribution is -0.149. The van der Waals surface area contributed by atoms with Gasteiger partial charge in [-0.1, -0.05) is 6.92 Å². The second kappa shape index (κ2) is 5.09. The maximum absolute atomic E-state index is 10.2. The summed E-state index contributed by atoms with van der Waals surface area (Å²) in [5.74, 6) is -0.951. The van der Waals surface area contributed by atoms with Gasteiger partial charge in [-0.25, -0.2) is 4.79 Å². The number of hydrogen-bond acceptors (Lipinski definition) is 3. The first-order chi connectivity index (χ1) is 5.07. The van der Waals surface area contributed by atoms with Crippen molar-refractivity contribution in [3.8, 4) is 0 Å². The first-order valence-electron chi connectivity index (χ1n) is 3.68. The molecular weight excluding hydrogens is 146 g/mol. The van der Waals surface area contributed by atoms with Crippen LogP contribution in [0.15, 0.2) is 0 Å². The number of ether oxygens (including phenoxy) is 1. The molecule has 0 saturated heterocycles. The molecule has 3 N–H and O–H groups in total. The van der Waals surface area contributed by atoms with Crippen LogP contribution in [-0.2, 0) is 9.53 Å². The Hall–Kier alpha value is -0.610. The van der Waals surface area contributed by atoms with E-state index in [0.29, 0.717) is 6.61 Å². The van der Waals surface area contributed by atoms with Crippen molar-refractivity contribution in [1.29, 1.82) is 0 Å². The standard InChI is InChI=1S/C7H15NO3/c1-3-6(8)4-11-5(2)7(9)10/h5-6H,3-4,8H2,1-2H3,(H,9,10). The quantitative estimate of drug-likeness (QED) is 0.604. The third-order valence-electron chi connectivity index (χ3n) is 1.43. The Balaban J connectivity index is 3.45. The number of nitrogens with two attached hydrogens (primary N) is 1. The molecule has 0 aliphatic rings. The average Bonchev–Trinajstić information content (AvgIpc) is 1.99. The smallest absolute Gasteiger partial charge is 0.332 e. The molecule has 0 rings (SSSR count). The summed E-state index contributed by atoms with van der Waals surface area (Å²) in [6.07, 6.45) is 0.0411. The van der Waals surface area contributed by atoms with Gasteiger partial charge in [0.2, 0.25) is 0 Å². The minimum Gasteiger partial charge on any atom is -0.479 e. The van der Waals surface area contributed by atoms with Gasteiger partial charge in [0.15, 0.2) is 6.10 Å². The van der Waals surface area contributed by atoms with Gasteiger partial charge in [-0.05, 0) is 13.3 Å². The number of carbonyl (C=O) groups is 1. The highest BCUT2D eigenvalue weighted by atomic mass is 16.5. The topological polar surface area (TPSA) is 72.5 Å². The number of rotatable bonds is 5. The van der Waals surface area contributed by atoms with E-state index in [2.05, 4.69) is 0 Å². The zero-order chi connectivity index (χ0) is 8.85. The molecule has 2 unspecified atom stereocenters. The van der Waals surface area contributed by atoms with Crippen LogP contribution in [0.25, 0.3) is 0 Å². The van der Waals surface area contributed by atoms with Crippen molar-refractivity contribution in [3.63, 3.8) is 0 Å². The molecule has 0 aliphatic heterocycles. The summed E-state index contributed by atoms with van der Waals surface area (Å²) in [5, 5.41) is 8.40. The zero-order valence-corrected chi connectivity index (χ0v) is 6.91. The summed E-state index contributed by atoms with van der Waals surface area (Å²) in [5.41, 5.74) is 5.50. The number of aliphatic carboxylic acids is 1. The average molecular weight is 161 g/mol. The van der Waals surface area contributed by atoms with Crippen molar-refractivity contribution < 1.29 is 14.6 Å². The van der Waals surface area contributed by atoms with Gasteiger partial charge in [0.05, 0.1) is 6.61 Å². The lowest BCUT2D eigenvalue weighted by Gasteiger charge is -2.12. The van der Waals surface area contributed by atoms with E-state index in [1.54, 1.807) is 0 Å². The van der Waals surface area contributed by atoms with E-state index in [4.69, 9.17) is 15.6 Å². The van der Waals surface area contributed by atoms with E-state index >= 15 is 0 Å². The molecule has 0 heterocycles. The van der Waals surface area contributed by atoms with Gasteiger partial charge in [-0.15, -0.1) is 0 Å². The van der Waals surface area contributed by atoms with Crippen molar-refractivity contribution >= 4 is 5.97 Å². The first-order valence-corrected chi connectivity index (χ1v) is 3.68. The number of carboxylic acids is 1. The largest absolute Gasteiger partial charge is 0.479 e. The number of hydrogen-bond donors (Lipinski definition) is 2. The van der Waals surface area contributed by atoms with Gasteiger partial charge in [-0.2, -0.15) is 0 Å². The van der Waals surface area contributed by atoms with Gasteiger partial charge in [0.1, 0.15) is 0 Å². The highest BCUT2D eigenvalue weighted by Crippen LogP contribution is 1.93. The van der Waals surface area contributed by atoms with Crippen LogP contribution in [0.5, 0.6) is 0 Å². The fourth-order valence-electron chi connectivity index (χ4n) is 0.457. The fraction of sp³-hybridized carbons (Fsp3) is 0.857. The summed E-state index contributed by atoms with van der Waals surface area (Å²) in [6.45, 7) is 3.73. The van der Waals surface area contributed by atoms with Gasteiger partial charge in [-0.3, -0.25) is 0 Å². The summed E-state index contributed by atoms with van der Waals surface area (Å²) in [4.78, 5) is 10.2. The molecule has 0 amide bonds. The minimum absolute atomic E-state index is 0.0585. The van der Waals surface area contributed by atoms with Crippen LogP contribution in [0.3, 0.4) is 0 Å². The predicted octanol–water partition coefficient (Wildman–Crippen LogP) is 0.213. The molecular formula is C7H15NO3. The molecule has 66 valence electrons. The van der Waals surface area contributed by atoms with Crippen LogP contribution in [0.2, 0.25) is 0 Å². The molecule has 0 aromatic heterocycles. The second-order valence-corrected chi connectivity index (χ2v) is 2.48. The molecule has 0 aromatic rings. The maximum atomic E-state index is 10.2. The third kappa shape index (κ3) is 4.75. The first kappa shape index (κ1) is 10.4.